The second-order valence-corrected chi connectivity index (χ2v) is 3.37. The molecule has 0 aromatic heterocycles. The summed E-state index contributed by atoms with van der Waals surface area (Å²) in [5, 5.41) is 2.99. The Morgan fingerprint density at radius 1 is 1.38 bits per heavy atom. The minimum atomic E-state index is -0.292. The van der Waals surface area contributed by atoms with Gasteiger partial charge in [0.05, 0.1) is 6.61 Å². The SMILES string of the molecule is CNCCCOC(=O)C=Cc1ccccc1. The normalized spacial score (nSPS) is 10.6. The van der Waals surface area contributed by atoms with Crippen LogP contribution in [0.1, 0.15) is 12.0 Å². The summed E-state index contributed by atoms with van der Waals surface area (Å²) in [5.41, 5.74) is 0.995. The molecule has 0 unspecified atom stereocenters. The van der Waals surface area contributed by atoms with Crippen molar-refractivity contribution in [3.05, 3.63) is 42.0 Å². The van der Waals surface area contributed by atoms with Crippen LogP contribution in [-0.2, 0) is 9.53 Å². The fourth-order valence-corrected chi connectivity index (χ4v) is 1.20. The zero-order chi connectivity index (χ0) is 11.6. The van der Waals surface area contributed by atoms with Crippen LogP contribution in [0, 0.1) is 0 Å². The topological polar surface area (TPSA) is 38.3 Å². The average molecular weight is 219 g/mol. The van der Waals surface area contributed by atoms with E-state index in [4.69, 9.17) is 4.74 Å². The second-order valence-electron chi connectivity index (χ2n) is 3.37. The van der Waals surface area contributed by atoms with Crippen molar-refractivity contribution in [2.75, 3.05) is 20.2 Å². The van der Waals surface area contributed by atoms with E-state index in [1.54, 1.807) is 6.08 Å². The highest BCUT2D eigenvalue weighted by molar-refractivity contribution is 5.86. The largest absolute Gasteiger partial charge is 0.462 e. The molecule has 0 amide bonds. The van der Waals surface area contributed by atoms with Crippen LogP contribution in [0.5, 0.6) is 0 Å². The summed E-state index contributed by atoms with van der Waals surface area (Å²) < 4.78 is 5.00. The van der Waals surface area contributed by atoms with Crippen LogP contribution in [0.15, 0.2) is 36.4 Å². The summed E-state index contributed by atoms with van der Waals surface area (Å²) in [4.78, 5) is 11.3. The molecule has 0 aliphatic rings. The van der Waals surface area contributed by atoms with Crippen molar-refractivity contribution in [2.24, 2.45) is 0 Å². The van der Waals surface area contributed by atoms with Gasteiger partial charge in [-0.1, -0.05) is 30.3 Å². The molecule has 1 aromatic rings. The van der Waals surface area contributed by atoms with Gasteiger partial charge in [0, 0.05) is 6.08 Å². The Hall–Kier alpha value is -1.61. The van der Waals surface area contributed by atoms with Gasteiger partial charge in [-0.15, -0.1) is 0 Å². The Labute approximate surface area is 96.1 Å². The fourth-order valence-electron chi connectivity index (χ4n) is 1.20. The number of benzene rings is 1. The van der Waals surface area contributed by atoms with Gasteiger partial charge >= 0.3 is 5.97 Å². The highest BCUT2D eigenvalue weighted by Gasteiger charge is 1.95. The van der Waals surface area contributed by atoms with Gasteiger partial charge in [0.15, 0.2) is 0 Å². The smallest absolute Gasteiger partial charge is 0.330 e. The Morgan fingerprint density at radius 2 is 2.12 bits per heavy atom. The van der Waals surface area contributed by atoms with Crippen molar-refractivity contribution >= 4 is 12.0 Å². The van der Waals surface area contributed by atoms with Gasteiger partial charge in [-0.05, 0) is 31.7 Å². The molecule has 3 nitrogen and oxygen atoms in total. The molecule has 3 heteroatoms. The van der Waals surface area contributed by atoms with Crippen LogP contribution in [0.2, 0.25) is 0 Å². The molecule has 1 N–H and O–H groups in total. The van der Waals surface area contributed by atoms with E-state index in [9.17, 15) is 4.79 Å². The van der Waals surface area contributed by atoms with Crippen LogP contribution in [0.3, 0.4) is 0 Å². The predicted molar refractivity (Wildman–Crippen MR) is 65.0 cm³/mol. The molecule has 0 aliphatic carbocycles. The number of rotatable bonds is 6. The lowest BCUT2D eigenvalue weighted by Crippen LogP contribution is -2.12. The molecule has 1 aromatic carbocycles. The first kappa shape index (κ1) is 12.5. The van der Waals surface area contributed by atoms with Crippen LogP contribution < -0.4 is 5.32 Å². The van der Waals surface area contributed by atoms with E-state index in [2.05, 4.69) is 5.32 Å². The maximum absolute atomic E-state index is 11.3. The molecular weight excluding hydrogens is 202 g/mol. The first-order chi connectivity index (χ1) is 7.83. The van der Waals surface area contributed by atoms with Gasteiger partial charge in [-0.25, -0.2) is 4.79 Å². The average Bonchev–Trinajstić information content (AvgIpc) is 2.33. The van der Waals surface area contributed by atoms with E-state index in [0.717, 1.165) is 18.5 Å². The lowest BCUT2D eigenvalue weighted by Gasteiger charge is -2.00. The molecule has 0 fully saturated rings. The molecule has 0 atom stereocenters. The van der Waals surface area contributed by atoms with Gasteiger partial charge in [0.2, 0.25) is 0 Å². The van der Waals surface area contributed by atoms with E-state index in [1.807, 2.05) is 37.4 Å². The monoisotopic (exact) mass is 219 g/mol. The second kappa shape index (κ2) is 7.65. The number of ether oxygens (including phenoxy) is 1. The van der Waals surface area contributed by atoms with Gasteiger partial charge in [0.25, 0.3) is 0 Å². The molecule has 0 heterocycles. The van der Waals surface area contributed by atoms with Crippen LogP contribution in [0.25, 0.3) is 6.08 Å². The molecule has 0 bridgehead atoms. The summed E-state index contributed by atoms with van der Waals surface area (Å²) >= 11 is 0. The molecule has 86 valence electrons. The Balaban J connectivity index is 2.26. The minimum Gasteiger partial charge on any atom is -0.462 e. The first-order valence-corrected chi connectivity index (χ1v) is 5.37. The standard InChI is InChI=1S/C13H17NO2/c1-14-10-5-11-16-13(15)9-8-12-6-3-2-4-7-12/h2-4,6-9,14H,5,10-11H2,1H3. The van der Waals surface area contributed by atoms with Crippen molar-refractivity contribution in [3.8, 4) is 0 Å². The molecule has 0 saturated heterocycles. The molecule has 0 radical (unpaired) electrons. The molecule has 1 rings (SSSR count). The number of hydrogen-bond acceptors (Lipinski definition) is 3. The third kappa shape index (κ3) is 5.32. The molecule has 0 spiro atoms. The van der Waals surface area contributed by atoms with Crippen LogP contribution in [-0.4, -0.2) is 26.2 Å². The Morgan fingerprint density at radius 3 is 2.81 bits per heavy atom. The van der Waals surface area contributed by atoms with Crippen molar-refractivity contribution in [3.63, 3.8) is 0 Å². The van der Waals surface area contributed by atoms with E-state index in [1.165, 1.54) is 6.08 Å². The summed E-state index contributed by atoms with van der Waals surface area (Å²) in [6.45, 7) is 1.31. The van der Waals surface area contributed by atoms with Crippen molar-refractivity contribution in [1.29, 1.82) is 0 Å². The number of hydrogen-bond donors (Lipinski definition) is 1. The zero-order valence-electron chi connectivity index (χ0n) is 9.48. The lowest BCUT2D eigenvalue weighted by atomic mass is 10.2. The maximum atomic E-state index is 11.3. The van der Waals surface area contributed by atoms with Gasteiger partial charge in [-0.2, -0.15) is 0 Å². The molecular formula is C13H17NO2. The quantitative estimate of drug-likeness (QED) is 0.451. The summed E-state index contributed by atoms with van der Waals surface area (Å²) in [6.07, 6.45) is 4.04. The van der Waals surface area contributed by atoms with Gasteiger partial charge in [-0.3, -0.25) is 0 Å². The lowest BCUT2D eigenvalue weighted by molar-refractivity contribution is -0.137. The summed E-state index contributed by atoms with van der Waals surface area (Å²) in [7, 11) is 1.87. The van der Waals surface area contributed by atoms with Crippen molar-refractivity contribution in [1.82, 2.24) is 5.32 Å². The Bertz CT molecular complexity index is 333. The number of carbonyl (C=O) groups is 1. The third-order valence-corrected chi connectivity index (χ3v) is 2.03. The van der Waals surface area contributed by atoms with Crippen molar-refractivity contribution < 1.29 is 9.53 Å². The predicted octanol–water partition coefficient (Wildman–Crippen LogP) is 1.85. The summed E-state index contributed by atoms with van der Waals surface area (Å²) in [5.74, 6) is -0.292. The van der Waals surface area contributed by atoms with Crippen LogP contribution in [0.4, 0.5) is 0 Å². The Kier molecular flexibility index (Phi) is 5.96. The third-order valence-electron chi connectivity index (χ3n) is 2.03. The summed E-state index contributed by atoms with van der Waals surface area (Å²) in [6, 6.07) is 9.67. The van der Waals surface area contributed by atoms with E-state index in [0.29, 0.717) is 6.61 Å². The molecule has 0 saturated carbocycles. The highest BCUT2D eigenvalue weighted by Crippen LogP contribution is 2.01. The number of nitrogens with one attached hydrogen (secondary N) is 1. The number of carbonyl (C=O) groups excluding carboxylic acids is 1. The molecule has 16 heavy (non-hydrogen) atoms. The van der Waals surface area contributed by atoms with E-state index in [-0.39, 0.29) is 5.97 Å². The zero-order valence-corrected chi connectivity index (χ0v) is 9.48. The minimum absolute atomic E-state index is 0.292. The number of esters is 1. The van der Waals surface area contributed by atoms with Gasteiger partial charge in [0.1, 0.15) is 0 Å². The maximum Gasteiger partial charge on any atom is 0.330 e. The van der Waals surface area contributed by atoms with Crippen LogP contribution >= 0.6 is 0 Å². The fraction of sp³-hybridized carbons (Fsp3) is 0.308. The molecule has 0 aliphatic heterocycles. The van der Waals surface area contributed by atoms with Crippen molar-refractivity contribution in [2.45, 2.75) is 6.42 Å². The van der Waals surface area contributed by atoms with E-state index < -0.39 is 0 Å². The first-order valence-electron chi connectivity index (χ1n) is 5.37. The highest BCUT2D eigenvalue weighted by atomic mass is 16.5. The van der Waals surface area contributed by atoms with E-state index >= 15 is 0 Å². The van der Waals surface area contributed by atoms with Gasteiger partial charge < -0.3 is 10.1 Å².